The van der Waals surface area contributed by atoms with Crippen LogP contribution in [0.5, 0.6) is 0 Å². The first-order valence-corrected chi connectivity index (χ1v) is 12.8. The molecule has 6 nitrogen and oxygen atoms in total. The Hall–Kier alpha value is -2.38. The van der Waals surface area contributed by atoms with E-state index in [1.54, 1.807) is 24.3 Å². The molecule has 3 aromatic rings. The number of carbonyl (C=O) groups is 1. The number of nitrogens with one attached hydrogen (secondary N) is 2. The molecule has 2 heterocycles. The molecule has 10 heteroatoms. The Kier molecular flexibility index (Phi) is 11.0. The molecule has 0 spiro atoms. The molecule has 0 saturated carbocycles. The first-order valence-electron chi connectivity index (χ1n) is 12.8. The summed E-state index contributed by atoms with van der Waals surface area (Å²) in [7, 11) is 2.08. The minimum absolute atomic E-state index is 0. The fraction of sp³-hybridized carbons (Fsp3) is 0.414. The van der Waals surface area contributed by atoms with Crippen molar-refractivity contribution in [1.82, 2.24) is 9.47 Å². The van der Waals surface area contributed by atoms with Crippen molar-refractivity contribution in [2.75, 3.05) is 37.4 Å². The third-order valence-corrected chi connectivity index (χ3v) is 6.82. The molecule has 1 aromatic heterocycles. The maximum atomic E-state index is 13.5. The smallest absolute Gasteiger partial charge is 0.406 e. The van der Waals surface area contributed by atoms with Gasteiger partial charge in [-0.05, 0) is 81.4 Å². The molecule has 0 bridgehead atoms. The Morgan fingerprint density at radius 2 is 1.87 bits per heavy atom. The minimum Gasteiger partial charge on any atom is -0.568 e. The number of ketones is 1. The summed E-state index contributed by atoms with van der Waals surface area (Å²) in [6.45, 7) is 4.58. The van der Waals surface area contributed by atoms with Crippen LogP contribution in [0.15, 0.2) is 42.5 Å². The van der Waals surface area contributed by atoms with E-state index in [1.165, 1.54) is 11.5 Å². The summed E-state index contributed by atoms with van der Waals surface area (Å²) in [6, 6.07) is 12.5. The molecule has 4 rings (SSSR count). The summed E-state index contributed by atoms with van der Waals surface area (Å²) in [4.78, 5) is 13.9. The topological polar surface area (TPSA) is 63.4 Å². The number of piperidine rings is 1. The van der Waals surface area contributed by atoms with Gasteiger partial charge in [0, 0.05) is 55.0 Å². The molecule has 0 unspecified atom stereocenters. The van der Waals surface area contributed by atoms with Gasteiger partial charge in [0.1, 0.15) is 6.54 Å². The molecular weight excluding hydrogens is 580 g/mol. The summed E-state index contributed by atoms with van der Waals surface area (Å²) in [5, 5.41) is 3.88. The van der Waals surface area contributed by atoms with Crippen LogP contribution in [0.1, 0.15) is 48.3 Å². The third-order valence-electron chi connectivity index (χ3n) is 6.82. The molecule has 1 saturated heterocycles. The van der Waals surface area contributed by atoms with Crippen LogP contribution < -0.4 is 10.7 Å². The number of rotatable bonds is 8. The van der Waals surface area contributed by atoms with Crippen LogP contribution in [0, 0.1) is 11.8 Å². The Balaban J connectivity index is 0.00000420. The summed E-state index contributed by atoms with van der Waals surface area (Å²) < 4.78 is 41.7. The van der Waals surface area contributed by atoms with Crippen LogP contribution in [-0.4, -0.2) is 54.2 Å². The van der Waals surface area contributed by atoms with Gasteiger partial charge in [-0.1, -0.05) is 31.8 Å². The van der Waals surface area contributed by atoms with E-state index in [-0.39, 0.29) is 56.8 Å². The van der Waals surface area contributed by atoms with E-state index in [2.05, 4.69) is 40.0 Å². The molecule has 2 aromatic carbocycles. The van der Waals surface area contributed by atoms with Crippen LogP contribution in [0.3, 0.4) is 0 Å². The predicted molar refractivity (Wildman–Crippen MR) is 147 cm³/mol. The molecule has 0 aliphatic carbocycles. The molecular formula is C29H33F3N5OY-. The number of anilines is 2. The summed E-state index contributed by atoms with van der Waals surface area (Å²) in [6.07, 6.45) is -1.78. The first kappa shape index (κ1) is 31.2. The van der Waals surface area contributed by atoms with Crippen molar-refractivity contribution in [1.29, 1.82) is 0 Å². The van der Waals surface area contributed by atoms with Crippen molar-refractivity contribution < 1.29 is 50.7 Å². The maximum absolute atomic E-state index is 13.5. The first-order chi connectivity index (χ1) is 18.1. The van der Waals surface area contributed by atoms with Gasteiger partial charge >= 0.3 is 6.18 Å². The van der Waals surface area contributed by atoms with E-state index in [0.717, 1.165) is 43.6 Å². The monoisotopic (exact) mass is 613 g/mol. The largest absolute Gasteiger partial charge is 0.568 e. The number of likely N-dealkylation sites (tertiary alicyclic amines) is 1. The third kappa shape index (κ3) is 8.31. The van der Waals surface area contributed by atoms with E-state index in [9.17, 15) is 18.0 Å². The summed E-state index contributed by atoms with van der Waals surface area (Å²) in [5.41, 5.74) is 11.6. The molecule has 1 radical (unpaired) electrons. The Morgan fingerprint density at radius 3 is 2.54 bits per heavy atom. The average Bonchev–Trinajstić information content (AvgIpc) is 3.22. The molecule has 0 amide bonds. The number of aromatic nitrogens is 1. The second kappa shape index (κ2) is 13.8. The van der Waals surface area contributed by atoms with Crippen LogP contribution >= 0.6 is 0 Å². The summed E-state index contributed by atoms with van der Waals surface area (Å²) in [5.74, 6) is 5.90. The number of carbonyl (C=O) groups excluding carboxylic acids is 1. The summed E-state index contributed by atoms with van der Waals surface area (Å²) >= 11 is 0. The molecule has 39 heavy (non-hydrogen) atoms. The standard InChI is InChI=1S/C29H33F3N5O.Y/c1-4-21-17-22(20(2)38)10-11-26(21)33-14-6-7-24-18-25-27(35-34-23-12-15-36(3)16-13-23)8-5-9-28(25)37(24)19-29(30,31)32;/h5,8-11,17-18,23,33,35H,4,12-16,19H2,1-3H3;/q-1;. The van der Waals surface area contributed by atoms with Crippen LogP contribution in [0.25, 0.3) is 16.3 Å². The van der Waals surface area contributed by atoms with Crippen molar-refractivity contribution >= 4 is 28.1 Å². The number of hydrogen-bond acceptors (Lipinski definition) is 4. The average molecular weight is 614 g/mol. The molecule has 0 atom stereocenters. The molecule has 2 N–H and O–H groups in total. The van der Waals surface area contributed by atoms with Gasteiger partial charge in [0.15, 0.2) is 5.78 Å². The normalized spacial score (nSPS) is 14.4. The van der Waals surface area contributed by atoms with E-state index in [0.29, 0.717) is 22.2 Å². The quantitative estimate of drug-likeness (QED) is 0.180. The van der Waals surface area contributed by atoms with Crippen LogP contribution in [-0.2, 0) is 45.7 Å². The van der Waals surface area contributed by atoms with Crippen molar-refractivity contribution in [3.63, 3.8) is 0 Å². The second-order valence-corrected chi connectivity index (χ2v) is 9.68. The van der Waals surface area contributed by atoms with Crippen molar-refractivity contribution in [2.24, 2.45) is 0 Å². The number of halogens is 3. The number of fused-ring (bicyclic) bond motifs is 1. The van der Waals surface area contributed by atoms with Crippen molar-refractivity contribution in [3.05, 3.63) is 64.7 Å². The second-order valence-electron chi connectivity index (χ2n) is 9.68. The van der Waals surface area contributed by atoms with Gasteiger partial charge in [-0.15, -0.1) is 6.04 Å². The number of Topliss-reactive ketones (excluding diaryl/α,β-unsaturated/α-hetero) is 1. The van der Waals surface area contributed by atoms with E-state index < -0.39 is 12.7 Å². The number of hydrogen-bond donors (Lipinski definition) is 2. The molecule has 205 valence electrons. The molecule has 1 aliphatic heterocycles. The fourth-order valence-corrected chi connectivity index (χ4v) is 4.67. The fourth-order valence-electron chi connectivity index (χ4n) is 4.67. The Bertz CT molecular complexity index is 1350. The van der Waals surface area contributed by atoms with Gasteiger partial charge in [0.2, 0.25) is 0 Å². The van der Waals surface area contributed by atoms with Crippen LogP contribution in [0.2, 0.25) is 0 Å². The number of benzene rings is 2. The van der Waals surface area contributed by atoms with Gasteiger partial charge in [-0.3, -0.25) is 4.79 Å². The van der Waals surface area contributed by atoms with Gasteiger partial charge < -0.3 is 25.6 Å². The Morgan fingerprint density at radius 1 is 1.13 bits per heavy atom. The maximum Gasteiger partial charge on any atom is 0.406 e. The number of aryl methyl sites for hydroxylation is 1. The molecule has 1 aliphatic rings. The SMILES string of the molecule is CCc1cc(C(C)=O)ccc1NCC#Cc1cc2c(N[N-]C3CCN(C)CC3)cccc2n1CC(F)(F)F.[Y]. The zero-order valence-electron chi connectivity index (χ0n) is 22.5. The Labute approximate surface area is 252 Å². The van der Waals surface area contributed by atoms with Crippen LogP contribution in [0.4, 0.5) is 24.5 Å². The van der Waals surface area contributed by atoms with Crippen molar-refractivity contribution in [3.8, 4) is 11.8 Å². The van der Waals surface area contributed by atoms with E-state index >= 15 is 0 Å². The van der Waals surface area contributed by atoms with Gasteiger partial charge in [-0.2, -0.15) is 13.2 Å². The van der Waals surface area contributed by atoms with Gasteiger partial charge in [-0.25, -0.2) is 0 Å². The zero-order chi connectivity index (χ0) is 27.3. The van der Waals surface area contributed by atoms with E-state index in [1.807, 2.05) is 25.1 Å². The van der Waals surface area contributed by atoms with Crippen molar-refractivity contribution in [2.45, 2.75) is 51.9 Å². The zero-order valence-corrected chi connectivity index (χ0v) is 25.4. The van der Waals surface area contributed by atoms with Gasteiger partial charge in [0.25, 0.3) is 0 Å². The van der Waals surface area contributed by atoms with E-state index in [4.69, 9.17) is 0 Å². The minimum atomic E-state index is -4.39. The predicted octanol–water partition coefficient (Wildman–Crippen LogP) is 6.22. The number of nitrogens with zero attached hydrogens (tertiary/aromatic N) is 3. The number of alkyl halides is 3. The van der Waals surface area contributed by atoms with Gasteiger partial charge in [0.05, 0.1) is 17.8 Å². The molecule has 1 fully saturated rings.